The first-order chi connectivity index (χ1) is 6.70. The zero-order valence-electron chi connectivity index (χ0n) is 9.29. The molecule has 2 nitrogen and oxygen atoms in total. The van der Waals surface area contributed by atoms with Gasteiger partial charge >= 0.3 is 5.97 Å². The third kappa shape index (κ3) is 8.42. The lowest BCUT2D eigenvalue weighted by atomic mass is 10.2. The molecule has 0 aromatic carbocycles. The number of esters is 1. The van der Waals surface area contributed by atoms with Crippen molar-refractivity contribution in [2.45, 2.75) is 57.6 Å². The van der Waals surface area contributed by atoms with Gasteiger partial charge in [-0.15, -0.1) is 0 Å². The average Bonchev–Trinajstić information content (AvgIpc) is 2.15. The van der Waals surface area contributed by atoms with Crippen LogP contribution in [0.3, 0.4) is 0 Å². The first kappa shape index (κ1) is 13.8. The summed E-state index contributed by atoms with van der Waals surface area (Å²) in [5.41, 5.74) is 0. The predicted octanol–water partition coefficient (Wildman–Crippen LogP) is 3.21. The molecule has 3 heteroatoms. The van der Waals surface area contributed by atoms with Gasteiger partial charge in [0, 0.05) is 11.7 Å². The number of hydrogen-bond donors (Lipinski definition) is 1. The maximum absolute atomic E-state index is 11.1. The zero-order valence-corrected chi connectivity index (χ0v) is 10.2. The maximum atomic E-state index is 11.1. The van der Waals surface area contributed by atoms with Gasteiger partial charge in [-0.1, -0.05) is 26.7 Å². The molecule has 0 aliphatic heterocycles. The van der Waals surface area contributed by atoms with Gasteiger partial charge in [0.1, 0.15) is 0 Å². The van der Waals surface area contributed by atoms with Crippen molar-refractivity contribution in [2.75, 3.05) is 6.61 Å². The van der Waals surface area contributed by atoms with E-state index in [4.69, 9.17) is 4.74 Å². The second kappa shape index (κ2) is 9.38. The van der Waals surface area contributed by atoms with Gasteiger partial charge in [0.05, 0.1) is 6.61 Å². The van der Waals surface area contributed by atoms with Crippen LogP contribution in [0.1, 0.15) is 52.4 Å². The number of unbranched alkanes of at least 4 members (excludes halogenated alkanes) is 1. The molecule has 14 heavy (non-hydrogen) atoms. The summed E-state index contributed by atoms with van der Waals surface area (Å²) in [6.45, 7) is 4.73. The number of hydrogen-bond acceptors (Lipinski definition) is 3. The van der Waals surface area contributed by atoms with Crippen LogP contribution in [0.25, 0.3) is 0 Å². The Morgan fingerprint density at radius 2 is 2.00 bits per heavy atom. The Bertz CT molecular complexity index is 148. The quantitative estimate of drug-likeness (QED) is 0.500. The first-order valence-electron chi connectivity index (χ1n) is 5.54. The van der Waals surface area contributed by atoms with E-state index >= 15 is 0 Å². The van der Waals surface area contributed by atoms with Crippen LogP contribution in [0.2, 0.25) is 0 Å². The summed E-state index contributed by atoms with van der Waals surface area (Å²) in [5.74, 6) is -0.0659. The normalized spacial score (nSPS) is 12.5. The van der Waals surface area contributed by atoms with Crippen LogP contribution < -0.4 is 0 Å². The molecular weight excluding hydrogens is 196 g/mol. The summed E-state index contributed by atoms with van der Waals surface area (Å²) in [4.78, 5) is 11.1. The molecular formula is C11H22O2S. The van der Waals surface area contributed by atoms with Gasteiger partial charge in [-0.3, -0.25) is 4.79 Å². The highest BCUT2D eigenvalue weighted by Crippen LogP contribution is 2.09. The van der Waals surface area contributed by atoms with Gasteiger partial charge in [0.2, 0.25) is 0 Å². The Morgan fingerprint density at radius 3 is 2.57 bits per heavy atom. The average molecular weight is 218 g/mol. The molecule has 0 saturated carbocycles. The van der Waals surface area contributed by atoms with Crippen molar-refractivity contribution in [1.29, 1.82) is 0 Å². The Labute approximate surface area is 92.8 Å². The van der Waals surface area contributed by atoms with Gasteiger partial charge in [-0.25, -0.2) is 0 Å². The molecule has 0 saturated heterocycles. The Balaban J connectivity index is 3.30. The van der Waals surface area contributed by atoms with Crippen LogP contribution in [0.15, 0.2) is 0 Å². The smallest absolute Gasteiger partial charge is 0.305 e. The van der Waals surface area contributed by atoms with E-state index in [0.717, 1.165) is 32.1 Å². The van der Waals surface area contributed by atoms with Gasteiger partial charge in [0.15, 0.2) is 0 Å². The Hall–Kier alpha value is -0.180. The molecule has 0 aromatic heterocycles. The topological polar surface area (TPSA) is 26.3 Å². The maximum Gasteiger partial charge on any atom is 0.305 e. The molecule has 84 valence electrons. The fourth-order valence-electron chi connectivity index (χ4n) is 1.18. The van der Waals surface area contributed by atoms with Crippen molar-refractivity contribution in [3.8, 4) is 0 Å². The fourth-order valence-corrected chi connectivity index (χ4v) is 1.54. The van der Waals surface area contributed by atoms with Gasteiger partial charge in [0.25, 0.3) is 0 Å². The highest BCUT2D eigenvalue weighted by molar-refractivity contribution is 7.80. The van der Waals surface area contributed by atoms with Crippen LogP contribution in [0.5, 0.6) is 0 Å². The molecule has 0 aliphatic rings. The SMILES string of the molecule is CCCCC(=O)OCCC(S)CCC. The standard InChI is InChI=1S/C11H22O2S/c1-3-5-7-11(12)13-9-8-10(14)6-4-2/h10,14H,3-9H2,1-2H3. The van der Waals surface area contributed by atoms with E-state index in [1.54, 1.807) is 0 Å². The predicted molar refractivity (Wildman–Crippen MR) is 62.8 cm³/mol. The van der Waals surface area contributed by atoms with Crippen molar-refractivity contribution in [3.63, 3.8) is 0 Å². The lowest BCUT2D eigenvalue weighted by molar-refractivity contribution is -0.143. The summed E-state index contributed by atoms with van der Waals surface area (Å²) in [6.07, 6.45) is 5.63. The number of carbonyl (C=O) groups is 1. The molecule has 0 aliphatic carbocycles. The van der Waals surface area contributed by atoms with Crippen molar-refractivity contribution in [3.05, 3.63) is 0 Å². The van der Waals surface area contributed by atoms with Crippen LogP contribution in [-0.2, 0) is 9.53 Å². The van der Waals surface area contributed by atoms with E-state index in [-0.39, 0.29) is 5.97 Å². The van der Waals surface area contributed by atoms with Crippen molar-refractivity contribution >= 4 is 18.6 Å². The minimum Gasteiger partial charge on any atom is -0.466 e. The summed E-state index contributed by atoms with van der Waals surface area (Å²) in [6, 6.07) is 0. The molecule has 1 atom stereocenters. The molecule has 1 unspecified atom stereocenters. The summed E-state index contributed by atoms with van der Waals surface area (Å²) >= 11 is 4.39. The largest absolute Gasteiger partial charge is 0.466 e. The molecule has 0 bridgehead atoms. The Morgan fingerprint density at radius 1 is 1.29 bits per heavy atom. The zero-order chi connectivity index (χ0) is 10.8. The number of ether oxygens (including phenoxy) is 1. The second-order valence-electron chi connectivity index (χ2n) is 3.56. The van der Waals surface area contributed by atoms with E-state index in [1.165, 1.54) is 0 Å². The summed E-state index contributed by atoms with van der Waals surface area (Å²) in [5, 5.41) is 0.374. The van der Waals surface area contributed by atoms with E-state index in [1.807, 2.05) is 0 Å². The molecule has 0 fully saturated rings. The van der Waals surface area contributed by atoms with Crippen LogP contribution in [0.4, 0.5) is 0 Å². The van der Waals surface area contributed by atoms with Crippen molar-refractivity contribution in [1.82, 2.24) is 0 Å². The highest BCUT2D eigenvalue weighted by Gasteiger charge is 2.04. The fraction of sp³-hybridized carbons (Fsp3) is 0.909. The van der Waals surface area contributed by atoms with E-state index in [2.05, 4.69) is 26.5 Å². The van der Waals surface area contributed by atoms with Gasteiger partial charge < -0.3 is 4.74 Å². The van der Waals surface area contributed by atoms with Gasteiger partial charge in [-0.2, -0.15) is 12.6 Å². The lowest BCUT2D eigenvalue weighted by Gasteiger charge is -2.09. The van der Waals surface area contributed by atoms with E-state index in [9.17, 15) is 4.79 Å². The summed E-state index contributed by atoms with van der Waals surface area (Å²) < 4.78 is 5.07. The van der Waals surface area contributed by atoms with E-state index < -0.39 is 0 Å². The monoisotopic (exact) mass is 218 g/mol. The first-order valence-corrected chi connectivity index (χ1v) is 6.06. The minimum absolute atomic E-state index is 0.0659. The summed E-state index contributed by atoms with van der Waals surface area (Å²) in [7, 11) is 0. The number of carbonyl (C=O) groups excluding carboxylic acids is 1. The molecule has 0 rings (SSSR count). The van der Waals surface area contributed by atoms with Crippen molar-refractivity contribution < 1.29 is 9.53 Å². The molecule has 0 amide bonds. The molecule has 0 heterocycles. The number of rotatable bonds is 8. The number of thiol groups is 1. The minimum atomic E-state index is -0.0659. The molecule has 0 radical (unpaired) electrons. The third-order valence-corrected chi connectivity index (χ3v) is 2.59. The molecule has 0 spiro atoms. The van der Waals surface area contributed by atoms with Crippen LogP contribution in [-0.4, -0.2) is 17.8 Å². The second-order valence-corrected chi connectivity index (χ2v) is 4.29. The Kier molecular flexibility index (Phi) is 9.26. The van der Waals surface area contributed by atoms with Crippen LogP contribution in [0, 0.1) is 0 Å². The molecule has 0 N–H and O–H groups in total. The lowest BCUT2D eigenvalue weighted by Crippen LogP contribution is -2.09. The van der Waals surface area contributed by atoms with Crippen molar-refractivity contribution in [2.24, 2.45) is 0 Å². The van der Waals surface area contributed by atoms with Gasteiger partial charge in [-0.05, 0) is 19.3 Å². The highest BCUT2D eigenvalue weighted by atomic mass is 32.1. The van der Waals surface area contributed by atoms with Crippen LogP contribution >= 0.6 is 12.6 Å². The molecule has 0 aromatic rings. The van der Waals surface area contributed by atoms with E-state index in [0.29, 0.717) is 18.3 Å². The third-order valence-electron chi connectivity index (χ3n) is 2.07.